The number of rotatable bonds is 5. The number of carbonyl (C=O) groups is 1. The predicted molar refractivity (Wildman–Crippen MR) is 71.2 cm³/mol. The summed E-state index contributed by atoms with van der Waals surface area (Å²) < 4.78 is 0. The highest BCUT2D eigenvalue weighted by Gasteiger charge is 2.39. The molecular weight excluding hydrogens is 228 g/mol. The number of fused-ring (bicyclic) bond motifs is 1. The minimum absolute atomic E-state index is 0.00627. The van der Waals surface area contributed by atoms with E-state index in [-0.39, 0.29) is 18.4 Å². The lowest BCUT2D eigenvalue weighted by atomic mass is 9.75. The molecule has 102 valence electrons. The molecule has 1 N–H and O–H groups in total. The van der Waals surface area contributed by atoms with Gasteiger partial charge in [-0.2, -0.15) is 5.10 Å². The van der Waals surface area contributed by atoms with Crippen LogP contribution in [0.3, 0.4) is 0 Å². The zero-order valence-electron chi connectivity index (χ0n) is 11.3. The third kappa shape index (κ3) is 2.74. The van der Waals surface area contributed by atoms with E-state index in [0.29, 0.717) is 12.5 Å². The van der Waals surface area contributed by atoms with Crippen LogP contribution in [-0.4, -0.2) is 34.9 Å². The highest BCUT2D eigenvalue weighted by atomic mass is 16.3. The number of carbonyl (C=O) groups excluding carboxylic acids is 1. The summed E-state index contributed by atoms with van der Waals surface area (Å²) in [7, 11) is 0. The van der Waals surface area contributed by atoms with Crippen molar-refractivity contribution in [3.63, 3.8) is 0 Å². The Morgan fingerprint density at radius 2 is 2.28 bits per heavy atom. The van der Waals surface area contributed by atoms with E-state index in [9.17, 15) is 4.79 Å². The molecule has 2 atom stereocenters. The number of nitrogens with zero attached hydrogens (tertiary/aromatic N) is 2. The summed E-state index contributed by atoms with van der Waals surface area (Å²) in [4.78, 5) is 12.4. The second kappa shape index (κ2) is 6.32. The Morgan fingerprint density at radius 3 is 3.00 bits per heavy atom. The van der Waals surface area contributed by atoms with Gasteiger partial charge in [-0.25, -0.2) is 5.01 Å². The van der Waals surface area contributed by atoms with E-state index >= 15 is 0 Å². The molecule has 2 aliphatic rings. The summed E-state index contributed by atoms with van der Waals surface area (Å²) in [5, 5.41) is 15.0. The second-order valence-corrected chi connectivity index (χ2v) is 5.38. The molecule has 18 heavy (non-hydrogen) atoms. The number of aliphatic hydroxyl groups excluding tert-OH is 1. The Bertz CT molecular complexity index is 328. The Labute approximate surface area is 109 Å². The molecule has 1 amide bonds. The number of amides is 1. The molecule has 1 saturated carbocycles. The Morgan fingerprint density at radius 1 is 1.44 bits per heavy atom. The molecule has 1 aliphatic heterocycles. The van der Waals surface area contributed by atoms with Crippen molar-refractivity contribution in [3.8, 4) is 0 Å². The molecule has 0 spiro atoms. The average Bonchev–Trinajstić information content (AvgIpc) is 2.39. The molecule has 4 nitrogen and oxygen atoms in total. The van der Waals surface area contributed by atoms with Crippen molar-refractivity contribution in [2.24, 2.45) is 16.9 Å². The summed E-state index contributed by atoms with van der Waals surface area (Å²) in [6.07, 6.45) is 7.77. The number of β-amino-alcohol motifs (C(OH)–C–C–N with tert-alkyl or cyclic N) is 1. The van der Waals surface area contributed by atoms with E-state index in [1.807, 2.05) is 0 Å². The van der Waals surface area contributed by atoms with Crippen molar-refractivity contribution < 1.29 is 9.90 Å². The SMILES string of the molecule is CCCCC1C(=O)N(CCO)N=C2CCCCC21. The molecule has 1 heterocycles. The summed E-state index contributed by atoms with van der Waals surface area (Å²) >= 11 is 0. The van der Waals surface area contributed by atoms with Crippen molar-refractivity contribution in [1.82, 2.24) is 5.01 Å². The van der Waals surface area contributed by atoms with Crippen molar-refractivity contribution >= 4 is 11.6 Å². The van der Waals surface area contributed by atoms with Crippen molar-refractivity contribution in [2.75, 3.05) is 13.2 Å². The number of unbranched alkanes of at least 4 members (excludes halogenated alkanes) is 1. The third-order valence-electron chi connectivity index (χ3n) is 4.11. The van der Waals surface area contributed by atoms with Gasteiger partial charge in [0.2, 0.25) is 5.91 Å². The molecule has 4 heteroatoms. The zero-order chi connectivity index (χ0) is 13.0. The Hall–Kier alpha value is -0.900. The fourth-order valence-electron chi connectivity index (χ4n) is 3.15. The largest absolute Gasteiger partial charge is 0.394 e. The van der Waals surface area contributed by atoms with Crippen molar-refractivity contribution in [2.45, 2.75) is 51.9 Å². The molecule has 2 rings (SSSR count). The maximum atomic E-state index is 12.4. The van der Waals surface area contributed by atoms with Crippen molar-refractivity contribution in [3.05, 3.63) is 0 Å². The standard InChI is InChI=1S/C14H24N2O2/c1-2-3-6-12-11-7-4-5-8-13(11)15-16(9-10-17)14(12)18/h11-12,17H,2-10H2,1H3. The van der Waals surface area contributed by atoms with Gasteiger partial charge in [0.1, 0.15) is 0 Å². The number of hydrogen-bond acceptors (Lipinski definition) is 3. The van der Waals surface area contributed by atoms with Crippen LogP contribution >= 0.6 is 0 Å². The minimum atomic E-state index is -0.00627. The van der Waals surface area contributed by atoms with E-state index in [2.05, 4.69) is 12.0 Å². The number of hydrazone groups is 1. The lowest BCUT2D eigenvalue weighted by molar-refractivity contribution is -0.139. The lowest BCUT2D eigenvalue weighted by Gasteiger charge is -2.38. The molecule has 0 saturated heterocycles. The average molecular weight is 252 g/mol. The van der Waals surface area contributed by atoms with Gasteiger partial charge >= 0.3 is 0 Å². The summed E-state index contributed by atoms with van der Waals surface area (Å²) in [6.45, 7) is 2.50. The van der Waals surface area contributed by atoms with E-state index in [0.717, 1.165) is 32.1 Å². The summed E-state index contributed by atoms with van der Waals surface area (Å²) in [5.41, 5.74) is 1.20. The Kier molecular flexibility index (Phi) is 4.75. The maximum absolute atomic E-state index is 12.4. The van der Waals surface area contributed by atoms with E-state index in [4.69, 9.17) is 5.11 Å². The second-order valence-electron chi connectivity index (χ2n) is 5.38. The summed E-state index contributed by atoms with van der Waals surface area (Å²) in [5.74, 6) is 0.630. The summed E-state index contributed by atoms with van der Waals surface area (Å²) in [6, 6.07) is 0. The van der Waals surface area contributed by atoms with Gasteiger partial charge in [-0.15, -0.1) is 0 Å². The van der Waals surface area contributed by atoms with Crippen LogP contribution < -0.4 is 0 Å². The monoisotopic (exact) mass is 252 g/mol. The van der Waals surface area contributed by atoms with Crippen molar-refractivity contribution in [1.29, 1.82) is 0 Å². The molecule has 0 aromatic carbocycles. The van der Waals surface area contributed by atoms with Crippen LogP contribution in [0.15, 0.2) is 5.10 Å². The first-order valence-electron chi connectivity index (χ1n) is 7.27. The first-order chi connectivity index (χ1) is 8.77. The topological polar surface area (TPSA) is 52.9 Å². The third-order valence-corrected chi connectivity index (χ3v) is 4.11. The first kappa shape index (κ1) is 13.5. The smallest absolute Gasteiger partial charge is 0.246 e. The molecule has 2 unspecified atom stereocenters. The van der Waals surface area contributed by atoms with Crippen LogP contribution in [0.2, 0.25) is 0 Å². The van der Waals surface area contributed by atoms with Gasteiger partial charge in [-0.3, -0.25) is 4.79 Å². The minimum Gasteiger partial charge on any atom is -0.394 e. The number of hydrogen-bond donors (Lipinski definition) is 1. The molecular formula is C14H24N2O2. The molecule has 0 aromatic heterocycles. The van der Waals surface area contributed by atoms with Gasteiger partial charge in [0.25, 0.3) is 0 Å². The molecule has 1 fully saturated rings. The molecule has 1 aliphatic carbocycles. The molecule has 0 bridgehead atoms. The van der Waals surface area contributed by atoms with Gasteiger partial charge in [0.05, 0.1) is 13.2 Å². The zero-order valence-corrected chi connectivity index (χ0v) is 11.3. The highest BCUT2D eigenvalue weighted by Crippen LogP contribution is 2.35. The normalized spacial score (nSPS) is 28.0. The Balaban J connectivity index is 2.16. The molecule has 0 aromatic rings. The van der Waals surface area contributed by atoms with E-state index < -0.39 is 0 Å². The lowest BCUT2D eigenvalue weighted by Crippen LogP contribution is -2.46. The van der Waals surface area contributed by atoms with Gasteiger partial charge in [0.15, 0.2) is 0 Å². The van der Waals surface area contributed by atoms with Gasteiger partial charge in [-0.05, 0) is 25.7 Å². The predicted octanol–water partition coefficient (Wildman–Crippen LogP) is 2.17. The van der Waals surface area contributed by atoms with E-state index in [1.54, 1.807) is 0 Å². The van der Waals surface area contributed by atoms with Crippen LogP contribution in [-0.2, 0) is 4.79 Å². The molecule has 0 radical (unpaired) electrons. The van der Waals surface area contributed by atoms with Crippen LogP contribution in [0.1, 0.15) is 51.9 Å². The van der Waals surface area contributed by atoms with Gasteiger partial charge < -0.3 is 5.11 Å². The highest BCUT2D eigenvalue weighted by molar-refractivity contribution is 5.96. The fourth-order valence-corrected chi connectivity index (χ4v) is 3.15. The van der Waals surface area contributed by atoms with Crippen LogP contribution in [0.4, 0.5) is 0 Å². The van der Waals surface area contributed by atoms with Gasteiger partial charge in [-0.1, -0.05) is 26.2 Å². The fraction of sp³-hybridized carbons (Fsp3) is 0.857. The number of aliphatic hydroxyl groups is 1. The van der Waals surface area contributed by atoms with Crippen LogP contribution in [0, 0.1) is 11.8 Å². The van der Waals surface area contributed by atoms with E-state index in [1.165, 1.54) is 23.6 Å². The maximum Gasteiger partial charge on any atom is 0.246 e. The first-order valence-corrected chi connectivity index (χ1v) is 7.27. The van der Waals surface area contributed by atoms with Gasteiger partial charge in [0, 0.05) is 17.5 Å². The quantitative estimate of drug-likeness (QED) is 0.815. The van der Waals surface area contributed by atoms with Crippen LogP contribution in [0.25, 0.3) is 0 Å². The van der Waals surface area contributed by atoms with Crippen LogP contribution in [0.5, 0.6) is 0 Å².